The number of rotatable bonds is 9. The van der Waals surface area contributed by atoms with E-state index in [1.54, 1.807) is 26.0 Å². The maximum absolute atomic E-state index is 5.65. The number of nitrogens with zero attached hydrogens (tertiary/aromatic N) is 2. The molecule has 0 radical (unpaired) electrons. The van der Waals surface area contributed by atoms with Gasteiger partial charge in [-0.05, 0) is 30.3 Å². The number of methoxy groups -OCH3 is 2. The van der Waals surface area contributed by atoms with E-state index in [1.165, 1.54) is 0 Å². The molecule has 0 N–H and O–H groups in total. The van der Waals surface area contributed by atoms with Gasteiger partial charge < -0.3 is 18.7 Å². The van der Waals surface area contributed by atoms with E-state index in [0.717, 1.165) is 17.1 Å². The molecule has 3 aromatic rings. The summed E-state index contributed by atoms with van der Waals surface area (Å²) >= 11 is 1.68. The van der Waals surface area contributed by atoms with Gasteiger partial charge in [0.15, 0.2) is 11.5 Å². The molecule has 1 aromatic heterocycles. The van der Waals surface area contributed by atoms with Gasteiger partial charge in [0.25, 0.3) is 0 Å². The van der Waals surface area contributed by atoms with E-state index in [9.17, 15) is 0 Å². The molecule has 26 heavy (non-hydrogen) atoms. The molecule has 0 saturated carbocycles. The Morgan fingerprint density at radius 1 is 1.00 bits per heavy atom. The summed E-state index contributed by atoms with van der Waals surface area (Å²) in [6.45, 7) is 0.630. The summed E-state index contributed by atoms with van der Waals surface area (Å²) < 4.78 is 21.5. The van der Waals surface area contributed by atoms with Crippen molar-refractivity contribution in [2.75, 3.05) is 26.6 Å². The van der Waals surface area contributed by atoms with Crippen LogP contribution >= 0.6 is 11.8 Å². The van der Waals surface area contributed by atoms with Crippen LogP contribution in [0, 0.1) is 0 Å². The third-order valence-corrected chi connectivity index (χ3v) is 4.48. The van der Waals surface area contributed by atoms with Gasteiger partial charge in [-0.15, -0.1) is 11.8 Å². The highest BCUT2D eigenvalue weighted by molar-refractivity contribution is 7.98. The molecule has 0 amide bonds. The van der Waals surface area contributed by atoms with Crippen molar-refractivity contribution in [2.24, 2.45) is 0 Å². The smallest absolute Gasteiger partial charge is 0.236 e. The van der Waals surface area contributed by atoms with E-state index in [1.807, 2.05) is 48.5 Å². The standard InChI is InChI=1S/C19H20N2O4S/c1-22-16-9-8-14(12-17(16)23-2)19-20-18(25-21-19)13-26-11-10-24-15-6-4-3-5-7-15/h3-9,12H,10-11,13H2,1-2H3. The number of aromatic nitrogens is 2. The van der Waals surface area contributed by atoms with Crippen LogP contribution in [0.25, 0.3) is 11.4 Å². The van der Waals surface area contributed by atoms with Crippen LogP contribution in [0.1, 0.15) is 5.89 Å². The molecular formula is C19H20N2O4S. The minimum atomic E-state index is 0.530. The minimum Gasteiger partial charge on any atom is -0.493 e. The van der Waals surface area contributed by atoms with Crippen molar-refractivity contribution in [3.05, 3.63) is 54.4 Å². The van der Waals surface area contributed by atoms with Gasteiger partial charge in [0.05, 0.1) is 26.6 Å². The molecule has 0 unspecified atom stereocenters. The van der Waals surface area contributed by atoms with Gasteiger partial charge in [-0.3, -0.25) is 0 Å². The van der Waals surface area contributed by atoms with Crippen LogP contribution in [0.5, 0.6) is 17.2 Å². The van der Waals surface area contributed by atoms with Crippen LogP contribution < -0.4 is 14.2 Å². The fraction of sp³-hybridized carbons (Fsp3) is 0.263. The van der Waals surface area contributed by atoms with Gasteiger partial charge in [0.1, 0.15) is 5.75 Å². The Balaban J connectivity index is 1.50. The first-order chi connectivity index (χ1) is 12.8. The van der Waals surface area contributed by atoms with Crippen LogP contribution in [0.3, 0.4) is 0 Å². The van der Waals surface area contributed by atoms with Gasteiger partial charge in [-0.1, -0.05) is 23.4 Å². The molecule has 0 aliphatic heterocycles. The van der Waals surface area contributed by atoms with Crippen molar-refractivity contribution in [3.63, 3.8) is 0 Å². The Morgan fingerprint density at radius 2 is 1.81 bits per heavy atom. The maximum Gasteiger partial charge on any atom is 0.236 e. The molecule has 1 heterocycles. The van der Waals surface area contributed by atoms with Crippen molar-refractivity contribution in [2.45, 2.75) is 5.75 Å². The molecule has 0 saturated heterocycles. The quantitative estimate of drug-likeness (QED) is 0.525. The highest BCUT2D eigenvalue weighted by Crippen LogP contribution is 2.31. The molecular weight excluding hydrogens is 352 g/mol. The number of hydrogen-bond acceptors (Lipinski definition) is 7. The topological polar surface area (TPSA) is 66.6 Å². The lowest BCUT2D eigenvalue weighted by molar-refractivity contribution is 0.343. The Kier molecular flexibility index (Phi) is 6.38. The van der Waals surface area contributed by atoms with Crippen LogP contribution in [-0.2, 0) is 5.75 Å². The van der Waals surface area contributed by atoms with Crippen molar-refractivity contribution < 1.29 is 18.7 Å². The van der Waals surface area contributed by atoms with E-state index in [4.69, 9.17) is 18.7 Å². The monoisotopic (exact) mass is 372 g/mol. The fourth-order valence-electron chi connectivity index (χ4n) is 2.30. The minimum absolute atomic E-state index is 0.530. The van der Waals surface area contributed by atoms with Gasteiger partial charge in [-0.2, -0.15) is 4.98 Å². The third kappa shape index (κ3) is 4.70. The van der Waals surface area contributed by atoms with E-state index < -0.39 is 0 Å². The van der Waals surface area contributed by atoms with Gasteiger partial charge >= 0.3 is 0 Å². The average Bonchev–Trinajstić information content (AvgIpc) is 3.17. The van der Waals surface area contributed by atoms with E-state index >= 15 is 0 Å². The summed E-state index contributed by atoms with van der Waals surface area (Å²) in [5.41, 5.74) is 0.815. The van der Waals surface area contributed by atoms with Crippen molar-refractivity contribution >= 4 is 11.8 Å². The van der Waals surface area contributed by atoms with Crippen LogP contribution in [-0.4, -0.2) is 36.7 Å². The van der Waals surface area contributed by atoms with Gasteiger partial charge in [0, 0.05) is 11.3 Å². The molecule has 7 heteroatoms. The largest absolute Gasteiger partial charge is 0.493 e. The Hall–Kier alpha value is -2.67. The van der Waals surface area contributed by atoms with Crippen molar-refractivity contribution in [1.82, 2.24) is 10.1 Å². The normalized spacial score (nSPS) is 10.5. The molecule has 0 atom stereocenters. The highest BCUT2D eigenvalue weighted by Gasteiger charge is 2.12. The number of benzene rings is 2. The first-order valence-corrected chi connectivity index (χ1v) is 9.26. The number of hydrogen-bond donors (Lipinski definition) is 0. The Morgan fingerprint density at radius 3 is 2.58 bits per heavy atom. The predicted molar refractivity (Wildman–Crippen MR) is 101 cm³/mol. The van der Waals surface area contributed by atoms with E-state index in [2.05, 4.69) is 10.1 Å². The second-order valence-electron chi connectivity index (χ2n) is 5.30. The van der Waals surface area contributed by atoms with Crippen molar-refractivity contribution in [1.29, 1.82) is 0 Å². The summed E-state index contributed by atoms with van der Waals surface area (Å²) in [6.07, 6.45) is 0. The molecule has 0 bridgehead atoms. The summed E-state index contributed by atoms with van der Waals surface area (Å²) in [5, 5.41) is 4.04. The molecule has 0 spiro atoms. The number of thioether (sulfide) groups is 1. The van der Waals surface area contributed by atoms with E-state index in [-0.39, 0.29) is 0 Å². The molecule has 2 aromatic carbocycles. The van der Waals surface area contributed by atoms with Gasteiger partial charge in [-0.25, -0.2) is 0 Å². The summed E-state index contributed by atoms with van der Waals surface area (Å²) in [6, 6.07) is 15.3. The Labute approximate surface area is 156 Å². The van der Waals surface area contributed by atoms with Crippen LogP contribution in [0.15, 0.2) is 53.1 Å². The maximum atomic E-state index is 5.65. The van der Waals surface area contributed by atoms with Crippen LogP contribution in [0.4, 0.5) is 0 Å². The third-order valence-electron chi connectivity index (χ3n) is 3.57. The first kappa shape index (κ1) is 18.1. The molecule has 0 fully saturated rings. The summed E-state index contributed by atoms with van der Waals surface area (Å²) in [4.78, 5) is 4.43. The molecule has 0 aliphatic carbocycles. The zero-order valence-electron chi connectivity index (χ0n) is 14.7. The lowest BCUT2D eigenvalue weighted by Gasteiger charge is -2.07. The van der Waals surface area contributed by atoms with Crippen molar-refractivity contribution in [3.8, 4) is 28.6 Å². The number of ether oxygens (including phenoxy) is 3. The lowest BCUT2D eigenvalue weighted by atomic mass is 10.2. The first-order valence-electron chi connectivity index (χ1n) is 8.10. The number of para-hydroxylation sites is 1. The Bertz CT molecular complexity index is 823. The van der Waals surface area contributed by atoms with E-state index in [0.29, 0.717) is 35.6 Å². The molecule has 3 rings (SSSR count). The second kappa shape index (κ2) is 9.15. The SMILES string of the molecule is COc1ccc(-c2noc(CSCCOc3ccccc3)n2)cc1OC. The summed E-state index contributed by atoms with van der Waals surface area (Å²) in [5.74, 6) is 4.75. The zero-order chi connectivity index (χ0) is 18.2. The van der Waals surface area contributed by atoms with Crippen LogP contribution in [0.2, 0.25) is 0 Å². The fourth-order valence-corrected chi connectivity index (χ4v) is 2.94. The zero-order valence-corrected chi connectivity index (χ0v) is 15.5. The van der Waals surface area contributed by atoms with Gasteiger partial charge in [0.2, 0.25) is 11.7 Å². The highest BCUT2D eigenvalue weighted by atomic mass is 32.2. The molecule has 6 nitrogen and oxygen atoms in total. The summed E-state index contributed by atoms with van der Waals surface area (Å²) in [7, 11) is 3.19. The lowest BCUT2D eigenvalue weighted by Crippen LogP contribution is -2.00. The predicted octanol–water partition coefficient (Wildman–Crippen LogP) is 4.07. The molecule has 0 aliphatic rings. The second-order valence-corrected chi connectivity index (χ2v) is 6.40. The molecule has 136 valence electrons. The average molecular weight is 372 g/mol.